The van der Waals surface area contributed by atoms with Gasteiger partial charge in [-0.2, -0.15) is 0 Å². The van der Waals surface area contributed by atoms with Crippen molar-refractivity contribution in [1.82, 2.24) is 5.32 Å². The van der Waals surface area contributed by atoms with Gasteiger partial charge in [0.2, 0.25) is 0 Å². The van der Waals surface area contributed by atoms with Gasteiger partial charge in [0.15, 0.2) is 0 Å². The number of hydrogen-bond donors (Lipinski definition) is 6. The van der Waals surface area contributed by atoms with Crippen LogP contribution in [0.1, 0.15) is 23.6 Å². The van der Waals surface area contributed by atoms with Crippen LogP contribution in [-0.2, 0) is 11.2 Å². The second-order valence-corrected chi connectivity index (χ2v) is 5.87. The van der Waals surface area contributed by atoms with Crippen molar-refractivity contribution in [3.05, 3.63) is 35.4 Å². The number of carbonyl (C=O) groups is 1. The highest BCUT2D eigenvalue weighted by molar-refractivity contribution is 5.70. The first-order valence-electron chi connectivity index (χ1n) is 8.12. The summed E-state index contributed by atoms with van der Waals surface area (Å²) >= 11 is 0. The summed E-state index contributed by atoms with van der Waals surface area (Å²) < 4.78 is 0. The molecule has 0 spiro atoms. The molecule has 8 nitrogen and oxygen atoms in total. The Labute approximate surface area is 151 Å². The second kappa shape index (κ2) is 10.9. The number of terminal acetylenes is 1. The first-order chi connectivity index (χ1) is 12.3. The molecule has 144 valence electrons. The zero-order chi connectivity index (χ0) is 19.7. The Morgan fingerprint density at radius 1 is 1.27 bits per heavy atom. The lowest BCUT2D eigenvalue weighted by Crippen LogP contribution is -2.52. The molecule has 1 aromatic carbocycles. The van der Waals surface area contributed by atoms with E-state index in [2.05, 4.69) is 35.5 Å². The lowest BCUT2D eigenvalue weighted by molar-refractivity contribution is -0.320. The van der Waals surface area contributed by atoms with E-state index in [0.717, 1.165) is 0 Å². The topological polar surface area (TPSA) is 153 Å². The van der Waals surface area contributed by atoms with E-state index in [1.165, 1.54) is 24.0 Å². The molecular formula is C18H24NO7-. The summed E-state index contributed by atoms with van der Waals surface area (Å²) in [5.41, 5.74) is 2.90. The molecule has 0 bridgehead atoms. The highest BCUT2D eigenvalue weighted by Crippen LogP contribution is 2.30. The van der Waals surface area contributed by atoms with Gasteiger partial charge in [-0.15, -0.1) is 6.42 Å². The number of carboxylic acids is 1. The summed E-state index contributed by atoms with van der Waals surface area (Å²) in [6.07, 6.45) is -0.504. The lowest BCUT2D eigenvalue weighted by atomic mass is 10.0. The molecule has 26 heavy (non-hydrogen) atoms. The number of aliphatic carboxylic acids is 1. The molecule has 0 saturated heterocycles. The molecule has 1 aromatic rings. The summed E-state index contributed by atoms with van der Waals surface area (Å²) in [6.45, 7) is -0.197. The van der Waals surface area contributed by atoms with Crippen LogP contribution in [0.15, 0.2) is 24.3 Å². The van der Waals surface area contributed by atoms with E-state index in [1.54, 1.807) is 0 Å². The van der Waals surface area contributed by atoms with E-state index < -0.39 is 37.0 Å². The van der Waals surface area contributed by atoms with Gasteiger partial charge in [0.05, 0.1) is 19.1 Å². The number of nitrogens with one attached hydrogen (secondary N) is 1. The molecule has 0 amide bonds. The van der Waals surface area contributed by atoms with Gasteiger partial charge in [-0.1, -0.05) is 30.2 Å². The SMILES string of the molecule is C#CCN[C@@H]1CCc2ccccc21.O=C([O-])[C@H](O)[C@@H](O)[C@H](O)[C@H](O)CO. The molecule has 0 radical (unpaired) electrons. The molecule has 0 aromatic heterocycles. The molecule has 1 aliphatic carbocycles. The quantitative estimate of drug-likeness (QED) is 0.280. The smallest absolute Gasteiger partial charge is 0.122 e. The largest absolute Gasteiger partial charge is 0.547 e. The van der Waals surface area contributed by atoms with Gasteiger partial charge in [-0.25, -0.2) is 0 Å². The molecule has 0 fully saturated rings. The molecule has 0 aliphatic heterocycles. The second-order valence-electron chi connectivity index (χ2n) is 5.87. The van der Waals surface area contributed by atoms with Crippen LogP contribution in [0.4, 0.5) is 0 Å². The van der Waals surface area contributed by atoms with Crippen molar-refractivity contribution in [3.63, 3.8) is 0 Å². The van der Waals surface area contributed by atoms with E-state index in [-0.39, 0.29) is 0 Å². The maximum atomic E-state index is 9.98. The maximum Gasteiger partial charge on any atom is 0.122 e. The number of aliphatic hydroxyl groups is 5. The van der Waals surface area contributed by atoms with Gasteiger partial charge in [-0.3, -0.25) is 5.32 Å². The fourth-order valence-corrected chi connectivity index (χ4v) is 2.61. The summed E-state index contributed by atoms with van der Waals surface area (Å²) in [5, 5.41) is 56.8. The van der Waals surface area contributed by atoms with Crippen molar-refractivity contribution in [2.75, 3.05) is 13.2 Å². The average Bonchev–Trinajstić information content (AvgIpc) is 3.07. The summed E-state index contributed by atoms with van der Waals surface area (Å²) in [6, 6.07) is 9.06. The zero-order valence-corrected chi connectivity index (χ0v) is 14.2. The monoisotopic (exact) mass is 366 g/mol. The summed E-state index contributed by atoms with van der Waals surface area (Å²) in [5.74, 6) is 0.639. The fourth-order valence-electron chi connectivity index (χ4n) is 2.61. The molecule has 0 heterocycles. The number of fused-ring (bicyclic) bond motifs is 1. The normalized spacial score (nSPS) is 19.9. The number of benzene rings is 1. The first kappa shape index (κ1) is 22.1. The van der Waals surface area contributed by atoms with Gasteiger partial charge in [0.25, 0.3) is 0 Å². The van der Waals surface area contributed by atoms with Crippen LogP contribution >= 0.6 is 0 Å². The number of carbonyl (C=O) groups excluding carboxylic acids is 1. The van der Waals surface area contributed by atoms with Crippen molar-refractivity contribution in [1.29, 1.82) is 0 Å². The molecule has 2 rings (SSSR count). The summed E-state index contributed by atoms with van der Waals surface area (Å²) in [4.78, 5) is 9.98. The number of carboxylic acid groups (broad SMARTS) is 1. The highest BCUT2D eigenvalue weighted by atomic mass is 16.4. The van der Waals surface area contributed by atoms with Crippen molar-refractivity contribution in [3.8, 4) is 12.3 Å². The number of aliphatic hydroxyl groups excluding tert-OH is 5. The standard InChI is InChI=1S/C12H13N.C6H12O7/c1-2-9-13-12-8-7-10-5-3-4-6-11(10)12;7-1-2(8)3(9)4(10)5(11)6(12)13/h1,3-6,12-13H,7-9H2;2-5,7-11H,1H2,(H,12,13)/p-1/t12-;2-,3-,4+,5-/m11/s1. The minimum absolute atomic E-state index is 0.479. The Morgan fingerprint density at radius 3 is 2.50 bits per heavy atom. The van der Waals surface area contributed by atoms with Crippen molar-refractivity contribution >= 4 is 5.97 Å². The third kappa shape index (κ3) is 6.07. The van der Waals surface area contributed by atoms with Crippen LogP contribution < -0.4 is 10.4 Å². The van der Waals surface area contributed by atoms with E-state index in [9.17, 15) is 9.90 Å². The molecule has 5 atom stereocenters. The molecule has 1 aliphatic rings. The van der Waals surface area contributed by atoms with Crippen LogP contribution in [-0.4, -0.2) is 69.1 Å². The minimum atomic E-state index is -2.31. The third-order valence-electron chi connectivity index (χ3n) is 4.08. The van der Waals surface area contributed by atoms with Crippen LogP contribution in [0, 0.1) is 12.3 Å². The zero-order valence-electron chi connectivity index (χ0n) is 14.2. The van der Waals surface area contributed by atoms with E-state index in [1.807, 2.05) is 0 Å². The van der Waals surface area contributed by atoms with Crippen molar-refractivity contribution in [2.45, 2.75) is 43.3 Å². The van der Waals surface area contributed by atoms with E-state index in [0.29, 0.717) is 12.6 Å². The van der Waals surface area contributed by atoms with Crippen LogP contribution in [0.2, 0.25) is 0 Å². The molecule has 8 heteroatoms. The summed E-state index contributed by atoms with van der Waals surface area (Å²) in [7, 11) is 0. The predicted octanol–water partition coefficient (Wildman–Crippen LogP) is -2.93. The molecule has 0 saturated carbocycles. The van der Waals surface area contributed by atoms with Gasteiger partial charge in [0, 0.05) is 6.04 Å². The van der Waals surface area contributed by atoms with E-state index in [4.69, 9.17) is 32.0 Å². The van der Waals surface area contributed by atoms with Crippen LogP contribution in [0.3, 0.4) is 0 Å². The Morgan fingerprint density at radius 2 is 1.92 bits per heavy atom. The fraction of sp³-hybridized carbons (Fsp3) is 0.500. The number of hydrogen-bond acceptors (Lipinski definition) is 8. The van der Waals surface area contributed by atoms with Crippen molar-refractivity contribution in [2.24, 2.45) is 0 Å². The van der Waals surface area contributed by atoms with Gasteiger partial charge in [0.1, 0.15) is 24.4 Å². The number of rotatable bonds is 7. The average molecular weight is 366 g/mol. The maximum absolute atomic E-state index is 9.98. The minimum Gasteiger partial charge on any atom is -0.547 e. The van der Waals surface area contributed by atoms with E-state index >= 15 is 0 Å². The molecule has 0 unspecified atom stereocenters. The highest BCUT2D eigenvalue weighted by Gasteiger charge is 2.30. The van der Waals surface area contributed by atoms with Crippen LogP contribution in [0.25, 0.3) is 0 Å². The predicted molar refractivity (Wildman–Crippen MR) is 90.5 cm³/mol. The Kier molecular flexibility index (Phi) is 9.23. The van der Waals surface area contributed by atoms with Gasteiger partial charge in [-0.05, 0) is 24.0 Å². The lowest BCUT2D eigenvalue weighted by Gasteiger charge is -2.25. The Hall–Kier alpha value is -1.99. The third-order valence-corrected chi connectivity index (χ3v) is 4.08. The van der Waals surface area contributed by atoms with Gasteiger partial charge >= 0.3 is 0 Å². The van der Waals surface area contributed by atoms with Crippen molar-refractivity contribution < 1.29 is 35.4 Å². The Balaban J connectivity index is 0.000000260. The molecular weight excluding hydrogens is 342 g/mol. The Bertz CT molecular complexity index is 616. The molecule has 6 N–H and O–H groups in total. The van der Waals surface area contributed by atoms with Crippen LogP contribution in [0.5, 0.6) is 0 Å². The number of aryl methyl sites for hydroxylation is 1. The van der Waals surface area contributed by atoms with Gasteiger partial charge < -0.3 is 35.4 Å². The first-order valence-corrected chi connectivity index (χ1v) is 8.12.